The summed E-state index contributed by atoms with van der Waals surface area (Å²) in [4.78, 5) is 36.2. The minimum absolute atomic E-state index is 0.00427. The summed E-state index contributed by atoms with van der Waals surface area (Å²) < 4.78 is 26.5. The molecule has 1 saturated heterocycles. The van der Waals surface area contributed by atoms with Crippen LogP contribution >= 0.6 is 0 Å². The maximum atomic E-state index is 12.5. The van der Waals surface area contributed by atoms with E-state index in [1.54, 1.807) is 24.5 Å². The number of nitrogens with one attached hydrogen (secondary N) is 2. The zero-order valence-electron chi connectivity index (χ0n) is 15.2. The van der Waals surface area contributed by atoms with E-state index in [-0.39, 0.29) is 24.3 Å². The van der Waals surface area contributed by atoms with Crippen LogP contribution in [0.15, 0.2) is 41.6 Å². The number of sulfonamides is 1. The van der Waals surface area contributed by atoms with E-state index in [4.69, 9.17) is 0 Å². The third-order valence-corrected chi connectivity index (χ3v) is 6.35. The monoisotopic (exact) mass is 406 g/mol. The molecule has 10 nitrogen and oxygen atoms in total. The van der Waals surface area contributed by atoms with Crippen LogP contribution in [0.2, 0.25) is 0 Å². The zero-order chi connectivity index (χ0) is 20.0. The van der Waals surface area contributed by atoms with Gasteiger partial charge in [0.05, 0.1) is 5.75 Å². The molecule has 2 aromatic heterocycles. The van der Waals surface area contributed by atoms with E-state index in [0.717, 1.165) is 0 Å². The van der Waals surface area contributed by atoms with Gasteiger partial charge in [0, 0.05) is 51.3 Å². The summed E-state index contributed by atoms with van der Waals surface area (Å²) in [6, 6.07) is 4.71. The average Bonchev–Trinajstić information content (AvgIpc) is 2.72. The molecule has 0 unspecified atom stereocenters. The summed E-state index contributed by atoms with van der Waals surface area (Å²) in [6.45, 7) is 1.95. The van der Waals surface area contributed by atoms with Crippen LogP contribution in [0.4, 0.5) is 5.95 Å². The van der Waals surface area contributed by atoms with Gasteiger partial charge in [-0.2, -0.15) is 4.31 Å². The lowest BCUT2D eigenvalue weighted by Crippen LogP contribution is -2.49. The van der Waals surface area contributed by atoms with Gasteiger partial charge in [0.25, 0.3) is 11.5 Å². The van der Waals surface area contributed by atoms with E-state index in [9.17, 15) is 18.0 Å². The Labute approximate surface area is 162 Å². The number of aromatic nitrogens is 3. The number of piperazine rings is 1. The van der Waals surface area contributed by atoms with Gasteiger partial charge in [0.1, 0.15) is 5.56 Å². The van der Waals surface area contributed by atoms with Gasteiger partial charge >= 0.3 is 0 Å². The molecule has 150 valence electrons. The topological polar surface area (TPSA) is 128 Å². The summed E-state index contributed by atoms with van der Waals surface area (Å²) in [7, 11) is -3.41. The second-order valence-electron chi connectivity index (χ2n) is 6.27. The molecule has 1 aliphatic heterocycles. The predicted octanol–water partition coefficient (Wildman–Crippen LogP) is -0.563. The first-order valence-corrected chi connectivity index (χ1v) is 10.5. The minimum Gasteiger partial charge on any atom is -0.352 e. The van der Waals surface area contributed by atoms with Gasteiger partial charge in [-0.1, -0.05) is 0 Å². The molecule has 1 fully saturated rings. The van der Waals surface area contributed by atoms with Crippen LogP contribution in [0.25, 0.3) is 0 Å². The molecule has 2 N–H and O–H groups in total. The summed E-state index contributed by atoms with van der Waals surface area (Å²) in [6.07, 6.45) is 5.02. The Morgan fingerprint density at radius 2 is 1.86 bits per heavy atom. The molecule has 0 spiro atoms. The van der Waals surface area contributed by atoms with Crippen molar-refractivity contribution in [3.05, 3.63) is 52.7 Å². The number of carbonyl (C=O) groups is 1. The molecule has 0 saturated carbocycles. The van der Waals surface area contributed by atoms with E-state index in [2.05, 4.69) is 20.3 Å². The molecule has 11 heteroatoms. The lowest BCUT2D eigenvalue weighted by atomic mass is 10.2. The second kappa shape index (κ2) is 8.93. The first kappa shape index (κ1) is 20.0. The van der Waals surface area contributed by atoms with Crippen molar-refractivity contribution in [2.24, 2.45) is 0 Å². The first-order chi connectivity index (χ1) is 13.5. The average molecular weight is 406 g/mol. The number of nitrogens with zero attached hydrogens (tertiary/aromatic N) is 4. The van der Waals surface area contributed by atoms with Gasteiger partial charge in [-0.3, -0.25) is 9.59 Å². The summed E-state index contributed by atoms with van der Waals surface area (Å²) in [5.74, 6) is 0.00849. The van der Waals surface area contributed by atoms with Crippen LogP contribution in [0.1, 0.15) is 16.8 Å². The van der Waals surface area contributed by atoms with Crippen molar-refractivity contribution in [1.82, 2.24) is 24.6 Å². The van der Waals surface area contributed by atoms with Crippen molar-refractivity contribution in [3.8, 4) is 0 Å². The molecule has 0 bridgehead atoms. The summed E-state index contributed by atoms with van der Waals surface area (Å²) >= 11 is 0. The van der Waals surface area contributed by atoms with Gasteiger partial charge < -0.3 is 15.2 Å². The quantitative estimate of drug-likeness (QED) is 0.590. The first-order valence-electron chi connectivity index (χ1n) is 8.93. The Balaban J connectivity index is 1.44. The van der Waals surface area contributed by atoms with Crippen LogP contribution < -0.4 is 15.8 Å². The van der Waals surface area contributed by atoms with Crippen molar-refractivity contribution < 1.29 is 13.2 Å². The fourth-order valence-electron chi connectivity index (χ4n) is 2.90. The van der Waals surface area contributed by atoms with Crippen molar-refractivity contribution in [1.29, 1.82) is 0 Å². The normalized spacial score (nSPS) is 15.4. The standard InChI is InChI=1S/C17H22N6O4S/c24-15-14(4-1-5-18-15)16(25)19-8-3-13-28(26,27)23-11-9-22(10-12-23)17-20-6-2-7-21-17/h1-2,4-7H,3,8-13H2,(H,18,24)(H,19,25). The van der Waals surface area contributed by atoms with Crippen molar-refractivity contribution in [2.45, 2.75) is 6.42 Å². The maximum absolute atomic E-state index is 12.5. The third kappa shape index (κ3) is 4.93. The molecule has 0 aromatic carbocycles. The SMILES string of the molecule is O=C(NCCCS(=O)(=O)N1CCN(c2ncccn2)CC1)c1ccc[nH]c1=O. The summed E-state index contributed by atoms with van der Waals surface area (Å²) in [5.41, 5.74) is -0.475. The fraction of sp³-hybridized carbons (Fsp3) is 0.412. The van der Waals surface area contributed by atoms with Crippen LogP contribution in [0.5, 0.6) is 0 Å². The van der Waals surface area contributed by atoms with E-state index in [1.807, 2.05) is 4.90 Å². The Morgan fingerprint density at radius 1 is 1.14 bits per heavy atom. The number of hydrogen-bond acceptors (Lipinski definition) is 7. The number of H-pyrrole nitrogens is 1. The van der Waals surface area contributed by atoms with Gasteiger partial charge in [-0.25, -0.2) is 18.4 Å². The minimum atomic E-state index is -3.41. The highest BCUT2D eigenvalue weighted by molar-refractivity contribution is 7.89. The molecule has 0 aliphatic carbocycles. The lowest BCUT2D eigenvalue weighted by molar-refractivity contribution is 0.0952. The maximum Gasteiger partial charge on any atom is 0.260 e. The molecule has 2 aromatic rings. The lowest BCUT2D eigenvalue weighted by Gasteiger charge is -2.33. The Morgan fingerprint density at radius 3 is 2.54 bits per heavy atom. The number of aromatic amines is 1. The van der Waals surface area contributed by atoms with Crippen LogP contribution in [-0.2, 0) is 10.0 Å². The molecule has 0 atom stereocenters. The van der Waals surface area contributed by atoms with Crippen molar-refractivity contribution in [2.75, 3.05) is 43.4 Å². The molecule has 0 radical (unpaired) electrons. The summed E-state index contributed by atoms with van der Waals surface area (Å²) in [5, 5.41) is 2.58. The number of rotatable bonds is 7. The Kier molecular flexibility index (Phi) is 6.37. The Hall–Kier alpha value is -2.79. The highest BCUT2D eigenvalue weighted by Gasteiger charge is 2.27. The Bertz CT molecular complexity index is 955. The number of anilines is 1. The predicted molar refractivity (Wildman–Crippen MR) is 104 cm³/mol. The van der Waals surface area contributed by atoms with Crippen LogP contribution in [0.3, 0.4) is 0 Å². The van der Waals surface area contributed by atoms with Crippen molar-refractivity contribution in [3.63, 3.8) is 0 Å². The fourth-order valence-corrected chi connectivity index (χ4v) is 4.39. The van der Waals surface area contributed by atoms with Crippen molar-refractivity contribution >= 4 is 21.9 Å². The number of hydrogen-bond donors (Lipinski definition) is 2. The van der Waals surface area contributed by atoms with Crippen LogP contribution in [-0.4, -0.2) is 72.1 Å². The zero-order valence-corrected chi connectivity index (χ0v) is 16.1. The highest BCUT2D eigenvalue weighted by atomic mass is 32.2. The van der Waals surface area contributed by atoms with Gasteiger partial charge in [-0.15, -0.1) is 0 Å². The largest absolute Gasteiger partial charge is 0.352 e. The number of amides is 1. The van der Waals surface area contributed by atoms with E-state index >= 15 is 0 Å². The smallest absolute Gasteiger partial charge is 0.260 e. The van der Waals surface area contributed by atoms with Gasteiger partial charge in [-0.05, 0) is 24.6 Å². The highest BCUT2D eigenvalue weighted by Crippen LogP contribution is 2.13. The number of pyridine rings is 1. The van der Waals surface area contributed by atoms with Gasteiger partial charge in [0.2, 0.25) is 16.0 Å². The molecule has 1 aliphatic rings. The molecular formula is C17H22N6O4S. The molecule has 1 amide bonds. The van der Waals surface area contributed by atoms with Gasteiger partial charge in [0.15, 0.2) is 0 Å². The second-order valence-corrected chi connectivity index (χ2v) is 8.36. The molecule has 28 heavy (non-hydrogen) atoms. The van der Waals surface area contributed by atoms with Crippen LogP contribution in [0, 0.1) is 0 Å². The van der Waals surface area contributed by atoms with E-state index in [1.165, 1.54) is 16.6 Å². The number of carbonyl (C=O) groups excluding carboxylic acids is 1. The molecular weight excluding hydrogens is 384 g/mol. The van der Waals surface area contributed by atoms with E-state index in [0.29, 0.717) is 32.1 Å². The third-order valence-electron chi connectivity index (χ3n) is 4.39. The molecule has 3 rings (SSSR count). The van der Waals surface area contributed by atoms with E-state index < -0.39 is 21.5 Å². The molecule has 3 heterocycles.